The van der Waals surface area contributed by atoms with Gasteiger partial charge in [0.15, 0.2) is 6.54 Å². The van der Waals surface area contributed by atoms with Gasteiger partial charge in [-0.05, 0) is 6.07 Å². The van der Waals surface area contributed by atoms with Gasteiger partial charge in [-0.1, -0.05) is 50.2 Å². The van der Waals surface area contributed by atoms with E-state index in [1.165, 1.54) is 5.56 Å². The van der Waals surface area contributed by atoms with E-state index in [2.05, 4.69) is 59.4 Å². The number of rotatable bonds is 6. The number of aromatic amines is 1. The number of carbonyl (C=O) groups excluding carboxylic acids is 1. The Morgan fingerprint density at radius 1 is 1.04 bits per heavy atom. The van der Waals surface area contributed by atoms with Crippen molar-refractivity contribution in [2.75, 3.05) is 37.6 Å². The quantitative estimate of drug-likeness (QED) is 0.845. The van der Waals surface area contributed by atoms with Crippen molar-refractivity contribution >= 4 is 11.7 Å². The van der Waals surface area contributed by atoms with Crippen LogP contribution in [0.3, 0.4) is 0 Å². The van der Waals surface area contributed by atoms with Gasteiger partial charge in [0.25, 0.3) is 11.7 Å². The molecule has 0 spiro atoms. The predicted octanol–water partition coefficient (Wildman–Crippen LogP) is 1.11. The normalized spacial score (nSPS) is 16.0. The maximum atomic E-state index is 12.7. The summed E-state index contributed by atoms with van der Waals surface area (Å²) in [6, 6.07) is 16.9. The molecule has 3 N–H and O–H groups in total. The Morgan fingerprint density at radius 3 is 2.35 bits per heavy atom. The van der Waals surface area contributed by atoms with Crippen molar-refractivity contribution in [1.82, 2.24) is 4.90 Å². The summed E-state index contributed by atoms with van der Waals surface area (Å²) in [5, 5.41) is 2.19. The molecule has 0 radical (unpaired) electrons. The minimum absolute atomic E-state index is 0.239. The molecule has 0 saturated carbocycles. The van der Waals surface area contributed by atoms with Crippen LogP contribution in [0.2, 0.25) is 0 Å². The Balaban J connectivity index is 1.51. The molecule has 0 aliphatic carbocycles. The Hall–Kier alpha value is -2.40. The van der Waals surface area contributed by atoms with Gasteiger partial charge in [-0.2, -0.15) is 0 Å². The minimum Gasteiger partial charge on any atom is -0.332 e. The molecular formula is C21H30N4O+2. The number of hydrogen-bond acceptors (Lipinski definition) is 2. The number of H-pyrrole nitrogens is 1. The molecule has 138 valence electrons. The van der Waals surface area contributed by atoms with E-state index in [1.807, 2.05) is 29.3 Å². The number of nitrogens with two attached hydrogens (primary N) is 1. The van der Waals surface area contributed by atoms with E-state index in [4.69, 9.17) is 0 Å². The van der Waals surface area contributed by atoms with Crippen LogP contribution in [-0.2, 0) is 4.79 Å². The fourth-order valence-corrected chi connectivity index (χ4v) is 3.60. The number of nitrogens with one attached hydrogen (secondary N) is 1. The number of piperazine rings is 1. The van der Waals surface area contributed by atoms with Crippen LogP contribution in [0.4, 0.5) is 5.82 Å². The van der Waals surface area contributed by atoms with Crippen molar-refractivity contribution in [3.05, 3.63) is 60.3 Å². The first kappa shape index (κ1) is 18.4. The van der Waals surface area contributed by atoms with Gasteiger partial charge >= 0.3 is 0 Å². The molecule has 5 nitrogen and oxygen atoms in total. The molecule has 1 aliphatic heterocycles. The lowest BCUT2D eigenvalue weighted by molar-refractivity contribution is -0.692. The third-order valence-corrected chi connectivity index (χ3v) is 5.11. The summed E-state index contributed by atoms with van der Waals surface area (Å²) in [4.78, 5) is 20.2. The molecule has 1 atom stereocenters. The lowest BCUT2D eigenvalue weighted by Crippen LogP contribution is -2.88. The van der Waals surface area contributed by atoms with Crippen LogP contribution in [0, 0.1) is 5.92 Å². The molecule has 1 aromatic heterocycles. The van der Waals surface area contributed by atoms with E-state index in [1.54, 1.807) is 0 Å². The second-order valence-corrected chi connectivity index (χ2v) is 7.24. The first-order chi connectivity index (χ1) is 12.6. The van der Waals surface area contributed by atoms with Gasteiger partial charge in [-0.3, -0.25) is 9.69 Å². The Labute approximate surface area is 156 Å². The van der Waals surface area contributed by atoms with E-state index in [-0.39, 0.29) is 5.91 Å². The zero-order valence-electron chi connectivity index (χ0n) is 15.8. The third-order valence-electron chi connectivity index (χ3n) is 5.11. The van der Waals surface area contributed by atoms with Crippen molar-refractivity contribution in [2.24, 2.45) is 5.92 Å². The van der Waals surface area contributed by atoms with Gasteiger partial charge in [0, 0.05) is 17.5 Å². The van der Waals surface area contributed by atoms with Gasteiger partial charge in [0.1, 0.15) is 19.1 Å². The van der Waals surface area contributed by atoms with E-state index < -0.39 is 0 Å². The summed E-state index contributed by atoms with van der Waals surface area (Å²) in [6.07, 6.45) is 1.94. The molecule has 2 aromatic rings. The zero-order chi connectivity index (χ0) is 18.4. The van der Waals surface area contributed by atoms with Crippen molar-refractivity contribution < 1.29 is 15.1 Å². The number of nitrogens with zero attached hydrogens (tertiary/aromatic N) is 2. The third kappa shape index (κ3) is 4.61. The minimum atomic E-state index is 0.239. The van der Waals surface area contributed by atoms with Gasteiger partial charge in [0.05, 0.1) is 19.3 Å². The Bertz CT molecular complexity index is 682. The molecule has 2 heterocycles. The highest BCUT2D eigenvalue weighted by Gasteiger charge is 2.28. The standard InChI is InChI=1S/C21H28N4O/c1-17(2)21(18-8-4-3-5-9-18)23-16-20(26)25-14-12-24(13-15-25)19-10-6-7-11-22-19/h3-11,17,21,23H,12-16H2,1-2H3/p+2/t21-/m1/s1. The van der Waals surface area contributed by atoms with Crippen molar-refractivity contribution in [2.45, 2.75) is 19.9 Å². The lowest BCUT2D eigenvalue weighted by Gasteiger charge is -2.31. The van der Waals surface area contributed by atoms with Gasteiger partial charge < -0.3 is 10.2 Å². The average molecular weight is 354 g/mol. The van der Waals surface area contributed by atoms with E-state index in [0.29, 0.717) is 18.5 Å². The molecule has 3 rings (SSSR count). The topological polar surface area (TPSA) is 54.3 Å². The second kappa shape index (κ2) is 8.81. The van der Waals surface area contributed by atoms with Gasteiger partial charge in [-0.15, -0.1) is 0 Å². The number of quaternary nitrogens is 1. The maximum Gasteiger partial charge on any atom is 0.277 e. The molecule has 1 fully saturated rings. The molecule has 5 heteroatoms. The zero-order valence-corrected chi connectivity index (χ0v) is 15.8. The van der Waals surface area contributed by atoms with Crippen molar-refractivity contribution in [1.29, 1.82) is 0 Å². The molecule has 26 heavy (non-hydrogen) atoms. The summed E-state index contributed by atoms with van der Waals surface area (Å²) in [6.45, 7) is 8.26. The number of carbonyl (C=O) groups is 1. The van der Waals surface area contributed by atoms with Gasteiger partial charge in [-0.25, -0.2) is 4.98 Å². The largest absolute Gasteiger partial charge is 0.332 e. The van der Waals surface area contributed by atoms with Crippen molar-refractivity contribution in [3.63, 3.8) is 0 Å². The van der Waals surface area contributed by atoms with E-state index in [9.17, 15) is 4.79 Å². The predicted molar refractivity (Wildman–Crippen MR) is 103 cm³/mol. The summed E-state index contributed by atoms with van der Waals surface area (Å²) in [5.41, 5.74) is 1.29. The molecule has 0 unspecified atom stereocenters. The summed E-state index contributed by atoms with van der Waals surface area (Å²) >= 11 is 0. The van der Waals surface area contributed by atoms with Crippen molar-refractivity contribution in [3.8, 4) is 0 Å². The fraction of sp³-hybridized carbons (Fsp3) is 0.429. The van der Waals surface area contributed by atoms with Gasteiger partial charge in [0.2, 0.25) is 0 Å². The SMILES string of the molecule is CC(C)[C@@H]([NH2+]CC(=O)N1CCN(c2cccc[nH+]2)CC1)c1ccccc1. The summed E-state index contributed by atoms with van der Waals surface area (Å²) in [7, 11) is 0. The van der Waals surface area contributed by atoms with Crippen LogP contribution in [-0.4, -0.2) is 43.5 Å². The first-order valence-electron chi connectivity index (χ1n) is 9.53. The van der Waals surface area contributed by atoms with Crippen LogP contribution >= 0.6 is 0 Å². The monoisotopic (exact) mass is 354 g/mol. The molecule has 0 bridgehead atoms. The first-order valence-corrected chi connectivity index (χ1v) is 9.53. The lowest BCUT2D eigenvalue weighted by atomic mass is 9.96. The maximum absolute atomic E-state index is 12.7. The molecule has 1 amide bonds. The van der Waals surface area contributed by atoms with Crippen LogP contribution in [0.1, 0.15) is 25.5 Å². The molecule has 1 aliphatic rings. The van der Waals surface area contributed by atoms with E-state index >= 15 is 0 Å². The van der Waals surface area contributed by atoms with Crippen LogP contribution in [0.15, 0.2) is 54.7 Å². The number of amides is 1. The number of hydrogen-bond donors (Lipinski definition) is 1. The highest BCUT2D eigenvalue weighted by Crippen LogP contribution is 2.17. The van der Waals surface area contributed by atoms with Crippen LogP contribution in [0.5, 0.6) is 0 Å². The highest BCUT2D eigenvalue weighted by atomic mass is 16.2. The molecular weight excluding hydrogens is 324 g/mol. The number of aromatic nitrogens is 1. The second-order valence-electron chi connectivity index (χ2n) is 7.24. The highest BCUT2D eigenvalue weighted by molar-refractivity contribution is 5.77. The van der Waals surface area contributed by atoms with Crippen LogP contribution < -0.4 is 15.2 Å². The summed E-state index contributed by atoms with van der Waals surface area (Å²) in [5.74, 6) is 1.84. The number of pyridine rings is 1. The number of anilines is 1. The summed E-state index contributed by atoms with van der Waals surface area (Å²) < 4.78 is 0. The smallest absolute Gasteiger partial charge is 0.277 e. The number of benzene rings is 1. The molecule has 1 saturated heterocycles. The average Bonchev–Trinajstić information content (AvgIpc) is 2.69. The Kier molecular flexibility index (Phi) is 6.23. The fourth-order valence-electron chi connectivity index (χ4n) is 3.60. The molecule has 1 aromatic carbocycles. The van der Waals surface area contributed by atoms with Crippen LogP contribution in [0.25, 0.3) is 0 Å². The van der Waals surface area contributed by atoms with E-state index in [0.717, 1.165) is 32.0 Å². The Morgan fingerprint density at radius 2 is 1.73 bits per heavy atom.